The molecule has 138 valence electrons. The fourth-order valence-corrected chi connectivity index (χ4v) is 2.73. The predicted molar refractivity (Wildman–Crippen MR) is 109 cm³/mol. The summed E-state index contributed by atoms with van der Waals surface area (Å²) >= 11 is 0. The number of aliphatic hydroxyl groups is 1. The SMILES string of the molecule is C[C@](N)(CO)C(=O)Nc1ccc(Cc2ccc(-c3ccccc3)cc2)cc1. The van der Waals surface area contributed by atoms with Crippen molar-refractivity contribution in [2.75, 3.05) is 11.9 Å². The van der Waals surface area contributed by atoms with Gasteiger partial charge in [-0.1, -0.05) is 66.7 Å². The molecule has 0 saturated heterocycles. The molecular weight excluding hydrogens is 336 g/mol. The number of anilines is 1. The Bertz CT molecular complexity index is 886. The van der Waals surface area contributed by atoms with Crippen LogP contribution in [0.15, 0.2) is 78.9 Å². The van der Waals surface area contributed by atoms with E-state index < -0.39 is 18.1 Å². The van der Waals surface area contributed by atoms with Gasteiger partial charge in [-0.3, -0.25) is 4.79 Å². The number of hydrogen-bond acceptors (Lipinski definition) is 3. The molecule has 0 radical (unpaired) electrons. The number of amides is 1. The minimum Gasteiger partial charge on any atom is -0.394 e. The molecule has 0 aliphatic heterocycles. The lowest BCUT2D eigenvalue weighted by Gasteiger charge is -2.20. The van der Waals surface area contributed by atoms with E-state index in [1.165, 1.54) is 23.6 Å². The molecule has 4 nitrogen and oxygen atoms in total. The van der Waals surface area contributed by atoms with Crippen molar-refractivity contribution in [3.63, 3.8) is 0 Å². The second kappa shape index (κ2) is 8.16. The lowest BCUT2D eigenvalue weighted by Crippen LogP contribution is -2.51. The van der Waals surface area contributed by atoms with Gasteiger partial charge in [0.2, 0.25) is 5.91 Å². The topological polar surface area (TPSA) is 75.3 Å². The Hall–Kier alpha value is -2.95. The zero-order chi connectivity index (χ0) is 19.3. The zero-order valence-electron chi connectivity index (χ0n) is 15.4. The summed E-state index contributed by atoms with van der Waals surface area (Å²) in [5, 5.41) is 11.9. The molecular formula is C23H24N2O2. The molecule has 1 amide bonds. The lowest BCUT2D eigenvalue weighted by atomic mass is 10.00. The summed E-state index contributed by atoms with van der Waals surface area (Å²) in [6.07, 6.45) is 0.814. The first-order chi connectivity index (χ1) is 13.0. The highest BCUT2D eigenvalue weighted by Crippen LogP contribution is 2.21. The second-order valence-electron chi connectivity index (χ2n) is 6.97. The van der Waals surface area contributed by atoms with Crippen molar-refractivity contribution in [1.29, 1.82) is 0 Å². The molecule has 0 aliphatic rings. The molecule has 4 N–H and O–H groups in total. The first kappa shape index (κ1) is 18.8. The molecule has 3 aromatic carbocycles. The number of nitrogens with one attached hydrogen (secondary N) is 1. The largest absolute Gasteiger partial charge is 0.394 e. The highest BCUT2D eigenvalue weighted by molar-refractivity contribution is 5.97. The quantitative estimate of drug-likeness (QED) is 0.629. The molecule has 0 aliphatic carbocycles. The van der Waals surface area contributed by atoms with Gasteiger partial charge in [-0.25, -0.2) is 0 Å². The minimum absolute atomic E-state index is 0.407. The van der Waals surface area contributed by atoms with Crippen LogP contribution in [0.2, 0.25) is 0 Å². The van der Waals surface area contributed by atoms with Gasteiger partial charge in [-0.15, -0.1) is 0 Å². The monoisotopic (exact) mass is 360 g/mol. The van der Waals surface area contributed by atoms with Crippen molar-refractivity contribution in [1.82, 2.24) is 0 Å². The van der Waals surface area contributed by atoms with E-state index in [9.17, 15) is 4.79 Å². The number of rotatable bonds is 6. The Morgan fingerprint density at radius 2 is 1.41 bits per heavy atom. The number of benzene rings is 3. The summed E-state index contributed by atoms with van der Waals surface area (Å²) in [5.41, 5.74) is 9.88. The van der Waals surface area contributed by atoms with Gasteiger partial charge in [0.05, 0.1) is 6.61 Å². The van der Waals surface area contributed by atoms with E-state index in [4.69, 9.17) is 10.8 Å². The van der Waals surface area contributed by atoms with Crippen molar-refractivity contribution >= 4 is 11.6 Å². The average Bonchev–Trinajstić information content (AvgIpc) is 2.70. The van der Waals surface area contributed by atoms with Crippen molar-refractivity contribution in [3.8, 4) is 11.1 Å². The van der Waals surface area contributed by atoms with E-state index in [1.807, 2.05) is 42.5 Å². The van der Waals surface area contributed by atoms with Crippen molar-refractivity contribution in [3.05, 3.63) is 90.0 Å². The Labute approximate surface area is 159 Å². The van der Waals surface area contributed by atoms with Crippen LogP contribution in [0.5, 0.6) is 0 Å². The molecule has 0 heterocycles. The smallest absolute Gasteiger partial charge is 0.246 e. The van der Waals surface area contributed by atoms with Crippen molar-refractivity contribution in [2.24, 2.45) is 5.73 Å². The van der Waals surface area contributed by atoms with E-state index in [1.54, 1.807) is 0 Å². The van der Waals surface area contributed by atoms with Crippen LogP contribution in [0.4, 0.5) is 5.69 Å². The minimum atomic E-state index is -1.29. The van der Waals surface area contributed by atoms with Gasteiger partial charge < -0.3 is 16.2 Å². The molecule has 3 aromatic rings. The van der Waals surface area contributed by atoms with Crippen LogP contribution in [0, 0.1) is 0 Å². The summed E-state index contributed by atoms with van der Waals surface area (Å²) in [4.78, 5) is 12.0. The van der Waals surface area contributed by atoms with Gasteiger partial charge >= 0.3 is 0 Å². The molecule has 1 atom stereocenters. The van der Waals surface area contributed by atoms with Crippen LogP contribution in [-0.2, 0) is 11.2 Å². The van der Waals surface area contributed by atoms with Gasteiger partial charge in [0.15, 0.2) is 0 Å². The average molecular weight is 360 g/mol. The maximum atomic E-state index is 12.0. The van der Waals surface area contributed by atoms with E-state index >= 15 is 0 Å². The maximum absolute atomic E-state index is 12.0. The molecule has 0 unspecified atom stereocenters. The third-order valence-electron chi connectivity index (χ3n) is 4.53. The standard InChI is InChI=1S/C23H24N2O2/c1-23(24,16-26)22(27)25-21-13-9-18(10-14-21)15-17-7-11-20(12-8-17)19-5-3-2-4-6-19/h2-14,26H,15-16,24H2,1H3,(H,25,27)/t23-/m0/s1. The van der Waals surface area contributed by atoms with Crippen LogP contribution in [0.25, 0.3) is 11.1 Å². The fourth-order valence-electron chi connectivity index (χ4n) is 2.73. The number of carbonyl (C=O) groups is 1. The van der Waals surface area contributed by atoms with Crippen molar-refractivity contribution in [2.45, 2.75) is 18.9 Å². The van der Waals surface area contributed by atoms with Gasteiger partial charge in [0.25, 0.3) is 0 Å². The Kier molecular flexibility index (Phi) is 5.69. The summed E-state index contributed by atoms with van der Waals surface area (Å²) in [5.74, 6) is -0.408. The molecule has 3 rings (SSSR count). The highest BCUT2D eigenvalue weighted by Gasteiger charge is 2.27. The Morgan fingerprint density at radius 1 is 0.889 bits per heavy atom. The molecule has 0 fully saturated rings. The van der Waals surface area contributed by atoms with E-state index in [-0.39, 0.29) is 0 Å². The molecule has 0 saturated carbocycles. The highest BCUT2D eigenvalue weighted by atomic mass is 16.3. The summed E-state index contributed by atoms with van der Waals surface area (Å²) in [7, 11) is 0. The third-order valence-corrected chi connectivity index (χ3v) is 4.53. The lowest BCUT2D eigenvalue weighted by molar-refractivity contribution is -0.121. The second-order valence-corrected chi connectivity index (χ2v) is 6.97. The Morgan fingerprint density at radius 3 is 1.96 bits per heavy atom. The molecule has 0 bridgehead atoms. The van der Waals surface area contributed by atoms with Gasteiger partial charge in [0.1, 0.15) is 5.54 Å². The first-order valence-electron chi connectivity index (χ1n) is 8.92. The molecule has 0 spiro atoms. The van der Waals surface area contributed by atoms with E-state index in [0.717, 1.165) is 12.0 Å². The Balaban J connectivity index is 1.64. The van der Waals surface area contributed by atoms with Crippen LogP contribution in [-0.4, -0.2) is 23.2 Å². The summed E-state index contributed by atoms with van der Waals surface area (Å²) < 4.78 is 0. The number of nitrogens with two attached hydrogens (primary N) is 1. The molecule has 4 heteroatoms. The first-order valence-corrected chi connectivity index (χ1v) is 8.92. The van der Waals surface area contributed by atoms with Crippen LogP contribution >= 0.6 is 0 Å². The number of hydrogen-bond donors (Lipinski definition) is 3. The number of aliphatic hydroxyl groups excluding tert-OH is 1. The molecule has 0 aromatic heterocycles. The molecule has 27 heavy (non-hydrogen) atoms. The van der Waals surface area contributed by atoms with Crippen molar-refractivity contribution < 1.29 is 9.90 Å². The normalized spacial score (nSPS) is 13.0. The van der Waals surface area contributed by atoms with Crippen LogP contribution in [0.3, 0.4) is 0 Å². The van der Waals surface area contributed by atoms with Gasteiger partial charge in [-0.05, 0) is 47.7 Å². The van der Waals surface area contributed by atoms with Crippen LogP contribution in [0.1, 0.15) is 18.1 Å². The summed E-state index contributed by atoms with van der Waals surface area (Å²) in [6, 6.07) is 26.5. The third kappa shape index (κ3) is 4.82. The maximum Gasteiger partial charge on any atom is 0.246 e. The van der Waals surface area contributed by atoms with E-state index in [0.29, 0.717) is 5.69 Å². The zero-order valence-corrected chi connectivity index (χ0v) is 15.4. The van der Waals surface area contributed by atoms with E-state index in [2.05, 4.69) is 41.7 Å². The fraction of sp³-hybridized carbons (Fsp3) is 0.174. The van der Waals surface area contributed by atoms with Crippen LogP contribution < -0.4 is 11.1 Å². The number of carbonyl (C=O) groups excluding carboxylic acids is 1. The van der Waals surface area contributed by atoms with Gasteiger partial charge in [-0.2, -0.15) is 0 Å². The summed E-state index contributed by atoms with van der Waals surface area (Å²) in [6.45, 7) is 1.09. The predicted octanol–water partition coefficient (Wildman–Crippen LogP) is 3.59. The van der Waals surface area contributed by atoms with Gasteiger partial charge in [0, 0.05) is 5.69 Å².